The summed E-state index contributed by atoms with van der Waals surface area (Å²) in [7, 11) is 0. The van der Waals surface area contributed by atoms with E-state index in [0.29, 0.717) is 0 Å². The SMILES string of the molecule is Nc1nc(Cl)nc2c1ncn2[C@@H]1O[C@H](COC(Cc2nnn[nH]2)(C(=O)O)C(=O)O)C[C@@H]1F. The number of nitrogens with zero attached hydrogens (tertiary/aromatic N) is 7. The number of aromatic nitrogens is 8. The van der Waals surface area contributed by atoms with Crippen LogP contribution in [0.15, 0.2) is 6.33 Å². The van der Waals surface area contributed by atoms with Crippen molar-refractivity contribution < 1.29 is 33.7 Å². The van der Waals surface area contributed by atoms with Gasteiger partial charge in [-0.15, -0.1) is 5.10 Å². The monoisotopic (exact) mass is 471 g/mol. The van der Waals surface area contributed by atoms with Crippen molar-refractivity contribution in [2.45, 2.75) is 36.9 Å². The highest BCUT2D eigenvalue weighted by atomic mass is 35.5. The standard InChI is InChI=1S/C15H15ClFN9O6/c16-14-20-9(18)8-10(21-14)26(4-19-8)11-6(17)1-5(32-11)3-31-15(12(27)28,13(29)30)2-7-22-24-25-23-7/h4-6,11H,1-3H2,(H,27,28)(H,29,30)(H2,18,20,21)(H,22,23,24,25)/t5-,6-,11+/m0/s1. The summed E-state index contributed by atoms with van der Waals surface area (Å²) in [6.07, 6.45) is -3.41. The molecule has 170 valence electrons. The maximum Gasteiger partial charge on any atom is 0.348 e. The largest absolute Gasteiger partial charge is 0.479 e. The van der Waals surface area contributed by atoms with Crippen molar-refractivity contribution in [3.8, 4) is 0 Å². The van der Waals surface area contributed by atoms with Gasteiger partial charge in [0.15, 0.2) is 23.5 Å². The summed E-state index contributed by atoms with van der Waals surface area (Å²) in [6.45, 7) is -0.540. The van der Waals surface area contributed by atoms with E-state index in [1.165, 1.54) is 10.9 Å². The van der Waals surface area contributed by atoms with Gasteiger partial charge in [-0.2, -0.15) is 9.97 Å². The number of tetrazole rings is 1. The van der Waals surface area contributed by atoms with Gasteiger partial charge in [0.1, 0.15) is 11.7 Å². The Kier molecular flexibility index (Phi) is 5.57. The fraction of sp³-hybridized carbons (Fsp3) is 0.467. The Balaban J connectivity index is 1.52. The van der Waals surface area contributed by atoms with E-state index in [-0.39, 0.29) is 34.5 Å². The quantitative estimate of drug-likeness (QED) is 0.238. The number of fused-ring (bicyclic) bond motifs is 1. The van der Waals surface area contributed by atoms with Gasteiger partial charge in [-0.3, -0.25) is 4.57 Å². The van der Waals surface area contributed by atoms with Gasteiger partial charge in [0, 0.05) is 6.42 Å². The van der Waals surface area contributed by atoms with Crippen LogP contribution in [0, 0.1) is 0 Å². The van der Waals surface area contributed by atoms with Crippen molar-refractivity contribution in [2.24, 2.45) is 0 Å². The van der Waals surface area contributed by atoms with E-state index in [2.05, 4.69) is 35.6 Å². The van der Waals surface area contributed by atoms with Gasteiger partial charge in [0.2, 0.25) is 5.28 Å². The number of imidazole rings is 1. The summed E-state index contributed by atoms with van der Waals surface area (Å²) in [6, 6.07) is 0. The number of hydrogen-bond donors (Lipinski definition) is 4. The maximum absolute atomic E-state index is 14.8. The molecule has 1 aliphatic rings. The van der Waals surface area contributed by atoms with Gasteiger partial charge in [0.25, 0.3) is 5.60 Å². The molecule has 17 heteroatoms. The molecule has 3 aromatic rings. The first kappa shape index (κ1) is 21.7. The lowest BCUT2D eigenvalue weighted by atomic mass is 9.99. The normalized spacial score (nSPS) is 21.2. The molecule has 0 unspecified atom stereocenters. The lowest BCUT2D eigenvalue weighted by molar-refractivity contribution is -0.188. The predicted molar refractivity (Wildman–Crippen MR) is 100 cm³/mol. The third-order valence-corrected chi connectivity index (χ3v) is 5.01. The number of nitrogen functional groups attached to an aromatic ring is 1. The van der Waals surface area contributed by atoms with Crippen LogP contribution in [-0.4, -0.2) is 86.8 Å². The number of anilines is 1. The zero-order valence-electron chi connectivity index (χ0n) is 15.9. The summed E-state index contributed by atoms with van der Waals surface area (Å²) in [5.74, 6) is -3.69. The minimum atomic E-state index is -2.72. The van der Waals surface area contributed by atoms with Crippen LogP contribution in [0.1, 0.15) is 18.5 Å². The van der Waals surface area contributed by atoms with Crippen LogP contribution in [0.5, 0.6) is 0 Å². The molecule has 0 aromatic carbocycles. The zero-order chi connectivity index (χ0) is 23.0. The molecule has 1 saturated heterocycles. The van der Waals surface area contributed by atoms with E-state index in [9.17, 15) is 24.2 Å². The Hall–Kier alpha value is -3.50. The van der Waals surface area contributed by atoms with Gasteiger partial charge in [-0.25, -0.2) is 24.1 Å². The van der Waals surface area contributed by atoms with E-state index in [1.54, 1.807) is 0 Å². The van der Waals surface area contributed by atoms with Crippen molar-refractivity contribution in [3.05, 3.63) is 17.4 Å². The molecule has 0 amide bonds. The molecule has 4 heterocycles. The molecule has 4 rings (SSSR count). The zero-order valence-corrected chi connectivity index (χ0v) is 16.7. The molecule has 0 bridgehead atoms. The number of alkyl halides is 1. The van der Waals surface area contributed by atoms with E-state index in [4.69, 9.17) is 26.8 Å². The van der Waals surface area contributed by atoms with Crippen LogP contribution in [0.25, 0.3) is 11.2 Å². The number of carbonyl (C=O) groups is 2. The van der Waals surface area contributed by atoms with E-state index in [0.717, 1.165) is 0 Å². The lowest BCUT2D eigenvalue weighted by Crippen LogP contribution is -2.52. The molecule has 32 heavy (non-hydrogen) atoms. The number of nitrogens with two attached hydrogens (primary N) is 1. The number of ether oxygens (including phenoxy) is 2. The number of halogens is 2. The Bertz CT molecular complexity index is 1140. The molecule has 0 radical (unpaired) electrons. The lowest BCUT2D eigenvalue weighted by Gasteiger charge is -2.25. The van der Waals surface area contributed by atoms with E-state index in [1.807, 2.05) is 0 Å². The smallest absolute Gasteiger partial charge is 0.348 e. The third kappa shape index (κ3) is 3.78. The number of carboxylic acids is 2. The number of aromatic amines is 1. The number of aliphatic carboxylic acids is 2. The summed E-state index contributed by atoms with van der Waals surface area (Å²) in [4.78, 5) is 35.3. The van der Waals surface area contributed by atoms with Crippen molar-refractivity contribution in [3.63, 3.8) is 0 Å². The summed E-state index contributed by atoms with van der Waals surface area (Å²) in [5.41, 5.74) is 3.36. The van der Waals surface area contributed by atoms with Crippen LogP contribution >= 0.6 is 11.6 Å². The average molecular weight is 472 g/mol. The van der Waals surface area contributed by atoms with Gasteiger partial charge >= 0.3 is 11.9 Å². The highest BCUT2D eigenvalue weighted by molar-refractivity contribution is 6.28. The highest BCUT2D eigenvalue weighted by Gasteiger charge is 2.50. The Morgan fingerprint density at radius 2 is 2.16 bits per heavy atom. The first-order chi connectivity index (χ1) is 15.2. The van der Waals surface area contributed by atoms with Crippen molar-refractivity contribution in [1.82, 2.24) is 40.1 Å². The van der Waals surface area contributed by atoms with Gasteiger partial charge in [-0.1, -0.05) is 0 Å². The Labute approximate surface area is 181 Å². The van der Waals surface area contributed by atoms with Crippen LogP contribution in [0.4, 0.5) is 10.2 Å². The Morgan fingerprint density at radius 3 is 2.81 bits per heavy atom. The maximum atomic E-state index is 14.8. The second-order valence-electron chi connectivity index (χ2n) is 6.88. The summed E-state index contributed by atoms with van der Waals surface area (Å²) < 4.78 is 26.9. The average Bonchev–Trinajstić information content (AvgIpc) is 3.44. The van der Waals surface area contributed by atoms with Crippen LogP contribution < -0.4 is 5.73 Å². The molecule has 3 aromatic heterocycles. The molecule has 1 aliphatic heterocycles. The fourth-order valence-corrected chi connectivity index (χ4v) is 3.46. The minimum absolute atomic E-state index is 0.00152. The van der Waals surface area contributed by atoms with Crippen molar-refractivity contribution in [1.29, 1.82) is 0 Å². The molecule has 0 spiro atoms. The van der Waals surface area contributed by atoms with E-state index >= 15 is 0 Å². The molecular weight excluding hydrogens is 457 g/mol. The number of nitrogens with one attached hydrogen (secondary N) is 1. The van der Waals surface area contributed by atoms with Gasteiger partial charge in [-0.05, 0) is 22.0 Å². The van der Waals surface area contributed by atoms with Crippen LogP contribution in [0.2, 0.25) is 5.28 Å². The fourth-order valence-electron chi connectivity index (χ4n) is 3.29. The van der Waals surface area contributed by atoms with Crippen LogP contribution in [-0.2, 0) is 25.5 Å². The molecule has 5 N–H and O–H groups in total. The van der Waals surface area contributed by atoms with Crippen LogP contribution in [0.3, 0.4) is 0 Å². The number of hydrogen-bond acceptors (Lipinski definition) is 11. The second kappa shape index (κ2) is 8.21. The molecular formula is C15H15ClFN9O6. The molecule has 0 saturated carbocycles. The Morgan fingerprint density at radius 1 is 1.41 bits per heavy atom. The summed E-state index contributed by atoms with van der Waals surface area (Å²) >= 11 is 5.82. The van der Waals surface area contributed by atoms with Gasteiger partial charge in [0.05, 0.1) is 25.5 Å². The number of rotatable bonds is 8. The molecule has 1 fully saturated rings. The van der Waals surface area contributed by atoms with Gasteiger partial charge < -0.3 is 25.4 Å². The number of H-pyrrole nitrogens is 1. The molecule has 0 aliphatic carbocycles. The predicted octanol–water partition coefficient (Wildman–Crippen LogP) is -0.632. The molecule has 15 nitrogen and oxygen atoms in total. The first-order valence-corrected chi connectivity index (χ1v) is 9.37. The molecule has 3 atom stereocenters. The van der Waals surface area contributed by atoms with Crippen molar-refractivity contribution >= 4 is 40.5 Å². The van der Waals surface area contributed by atoms with E-state index < -0.39 is 49.1 Å². The highest BCUT2D eigenvalue weighted by Crippen LogP contribution is 2.35. The number of carboxylic acid groups (broad SMARTS) is 2. The first-order valence-electron chi connectivity index (χ1n) is 8.99. The second-order valence-corrected chi connectivity index (χ2v) is 7.21. The third-order valence-electron chi connectivity index (χ3n) is 4.84. The summed E-state index contributed by atoms with van der Waals surface area (Å²) in [5, 5.41) is 31.2. The van der Waals surface area contributed by atoms with Crippen molar-refractivity contribution in [2.75, 3.05) is 12.3 Å². The topological polar surface area (TPSA) is 217 Å². The minimum Gasteiger partial charge on any atom is -0.479 e.